The first-order chi connectivity index (χ1) is 7.14. The monoisotopic (exact) mass is 287 g/mol. The Balaban J connectivity index is 2.22. The summed E-state index contributed by atoms with van der Waals surface area (Å²) in [6, 6.07) is 0. The van der Waals surface area contributed by atoms with Crippen molar-refractivity contribution < 1.29 is 5.11 Å². The predicted molar refractivity (Wildman–Crippen MR) is 65.9 cm³/mol. The first kappa shape index (κ1) is 11.3. The van der Waals surface area contributed by atoms with Crippen molar-refractivity contribution in [3.63, 3.8) is 0 Å². The van der Waals surface area contributed by atoms with Gasteiger partial charge in [-0.05, 0) is 47.2 Å². The van der Waals surface area contributed by atoms with Crippen molar-refractivity contribution in [2.75, 3.05) is 0 Å². The largest absolute Gasteiger partial charge is 0.379 e. The number of thiazole rings is 1. The van der Waals surface area contributed by atoms with E-state index in [9.17, 15) is 5.11 Å². The van der Waals surface area contributed by atoms with E-state index in [0.29, 0.717) is 5.92 Å². The zero-order valence-corrected chi connectivity index (χ0v) is 11.0. The van der Waals surface area contributed by atoms with E-state index >= 15 is 0 Å². The van der Waals surface area contributed by atoms with Gasteiger partial charge in [0.1, 0.15) is 15.2 Å². The Kier molecular flexibility index (Phi) is 3.28. The van der Waals surface area contributed by atoms with E-state index in [2.05, 4.69) is 33.9 Å². The Labute approximate surface area is 102 Å². The van der Waals surface area contributed by atoms with E-state index in [1.807, 2.05) is 11.5 Å². The number of hydrogen-bond donors (Lipinski definition) is 1. The van der Waals surface area contributed by atoms with Crippen molar-refractivity contribution in [2.24, 2.45) is 5.92 Å². The molecule has 0 amide bonds. The molecular formula is C11H14BrNOS. The fraction of sp³-hybridized carbons (Fsp3) is 0.545. The minimum atomic E-state index is -0.831. The molecule has 4 heteroatoms. The van der Waals surface area contributed by atoms with Crippen LogP contribution in [0.25, 0.3) is 0 Å². The van der Waals surface area contributed by atoms with Crippen LogP contribution in [0, 0.1) is 5.92 Å². The van der Waals surface area contributed by atoms with Gasteiger partial charge in [-0.25, -0.2) is 4.98 Å². The van der Waals surface area contributed by atoms with Gasteiger partial charge in [-0.3, -0.25) is 0 Å². The lowest BCUT2D eigenvalue weighted by atomic mass is 9.84. The van der Waals surface area contributed by atoms with Crippen LogP contribution in [0.15, 0.2) is 22.1 Å². The normalized spacial score (nSPS) is 30.7. The third-order valence-electron chi connectivity index (χ3n) is 2.91. The fourth-order valence-corrected chi connectivity index (χ4v) is 3.21. The smallest absolute Gasteiger partial charge is 0.134 e. The van der Waals surface area contributed by atoms with E-state index in [1.54, 1.807) is 0 Å². The summed E-state index contributed by atoms with van der Waals surface area (Å²) in [5, 5.41) is 13.1. The molecule has 1 aromatic heterocycles. The van der Waals surface area contributed by atoms with Crippen LogP contribution >= 0.6 is 27.3 Å². The van der Waals surface area contributed by atoms with Gasteiger partial charge in [0.2, 0.25) is 0 Å². The van der Waals surface area contributed by atoms with Crippen molar-refractivity contribution in [1.29, 1.82) is 0 Å². The van der Waals surface area contributed by atoms with Crippen LogP contribution < -0.4 is 0 Å². The summed E-state index contributed by atoms with van der Waals surface area (Å²) in [7, 11) is 0. The van der Waals surface area contributed by atoms with Crippen LogP contribution in [0.1, 0.15) is 31.2 Å². The van der Waals surface area contributed by atoms with Crippen LogP contribution in [0.5, 0.6) is 0 Å². The number of allylic oxidation sites excluding steroid dienone is 1. The fourth-order valence-electron chi connectivity index (χ4n) is 1.85. The molecule has 0 aromatic carbocycles. The van der Waals surface area contributed by atoms with Crippen LogP contribution in [-0.2, 0) is 5.60 Å². The predicted octanol–water partition coefficient (Wildman–Crippen LogP) is 3.47. The van der Waals surface area contributed by atoms with E-state index in [4.69, 9.17) is 0 Å². The highest BCUT2D eigenvalue weighted by molar-refractivity contribution is 9.10. The molecule has 1 aromatic rings. The molecule has 0 spiro atoms. The van der Waals surface area contributed by atoms with Crippen LogP contribution in [0.3, 0.4) is 0 Å². The highest BCUT2D eigenvalue weighted by Crippen LogP contribution is 2.37. The van der Waals surface area contributed by atoms with Crippen molar-refractivity contribution >= 4 is 27.3 Å². The van der Waals surface area contributed by atoms with Crippen molar-refractivity contribution in [2.45, 2.75) is 31.8 Å². The SMILES string of the molecule is CCC1C=CC(O)(c2nc(Br)cs2)CC1. The Bertz CT molecular complexity index is 376. The molecule has 0 saturated heterocycles. The number of nitrogens with zero attached hydrogens (tertiary/aromatic N) is 1. The van der Waals surface area contributed by atoms with Gasteiger partial charge < -0.3 is 5.11 Å². The van der Waals surface area contributed by atoms with Gasteiger partial charge in [-0.2, -0.15) is 0 Å². The molecule has 2 atom stereocenters. The molecule has 2 unspecified atom stereocenters. The van der Waals surface area contributed by atoms with Gasteiger partial charge in [-0.1, -0.05) is 13.0 Å². The molecule has 1 aliphatic rings. The van der Waals surface area contributed by atoms with Gasteiger partial charge in [0.05, 0.1) is 0 Å². The molecule has 0 aliphatic heterocycles. The zero-order valence-electron chi connectivity index (χ0n) is 8.61. The molecular weight excluding hydrogens is 274 g/mol. The van der Waals surface area contributed by atoms with Crippen LogP contribution in [0.4, 0.5) is 0 Å². The zero-order chi connectivity index (χ0) is 10.9. The van der Waals surface area contributed by atoms with Crippen molar-refractivity contribution in [1.82, 2.24) is 4.98 Å². The number of rotatable bonds is 2. The highest BCUT2D eigenvalue weighted by atomic mass is 79.9. The van der Waals surface area contributed by atoms with Crippen molar-refractivity contribution in [3.05, 3.63) is 27.1 Å². The summed E-state index contributed by atoms with van der Waals surface area (Å²) in [6.07, 6.45) is 7.01. The minimum Gasteiger partial charge on any atom is -0.379 e. The van der Waals surface area contributed by atoms with E-state index in [-0.39, 0.29) is 0 Å². The molecule has 0 saturated carbocycles. The van der Waals surface area contributed by atoms with Gasteiger partial charge in [0, 0.05) is 5.38 Å². The quantitative estimate of drug-likeness (QED) is 0.845. The van der Waals surface area contributed by atoms with Gasteiger partial charge >= 0.3 is 0 Å². The highest BCUT2D eigenvalue weighted by Gasteiger charge is 2.32. The minimum absolute atomic E-state index is 0.619. The third-order valence-corrected chi connectivity index (χ3v) is 4.63. The van der Waals surface area contributed by atoms with Crippen LogP contribution in [-0.4, -0.2) is 10.1 Å². The lowest BCUT2D eigenvalue weighted by molar-refractivity contribution is 0.0656. The standard InChI is InChI=1S/C11H14BrNOS/c1-2-8-3-5-11(14,6-4-8)10-13-9(12)7-15-10/h3,5,7-8,14H,2,4,6H2,1H3. The average molecular weight is 288 g/mol. The molecule has 1 heterocycles. The molecule has 0 fully saturated rings. The molecule has 0 bridgehead atoms. The summed E-state index contributed by atoms with van der Waals surface area (Å²) in [5.74, 6) is 0.619. The molecule has 1 N–H and O–H groups in total. The first-order valence-corrected chi connectivity index (χ1v) is 6.84. The Morgan fingerprint density at radius 1 is 1.73 bits per heavy atom. The van der Waals surface area contributed by atoms with E-state index in [0.717, 1.165) is 28.9 Å². The molecule has 2 rings (SSSR count). The number of hydrogen-bond acceptors (Lipinski definition) is 3. The Morgan fingerprint density at radius 2 is 2.53 bits per heavy atom. The maximum Gasteiger partial charge on any atom is 0.134 e. The van der Waals surface area contributed by atoms with E-state index < -0.39 is 5.60 Å². The lowest BCUT2D eigenvalue weighted by Gasteiger charge is -2.28. The molecule has 82 valence electrons. The summed E-state index contributed by atoms with van der Waals surface area (Å²) >= 11 is 4.82. The van der Waals surface area contributed by atoms with Gasteiger partial charge in [0.25, 0.3) is 0 Å². The maximum absolute atomic E-state index is 10.4. The molecule has 15 heavy (non-hydrogen) atoms. The number of aliphatic hydroxyl groups is 1. The second-order valence-electron chi connectivity index (χ2n) is 3.97. The Morgan fingerprint density at radius 3 is 3.00 bits per heavy atom. The third kappa shape index (κ3) is 2.32. The maximum atomic E-state index is 10.4. The van der Waals surface area contributed by atoms with Gasteiger partial charge in [0.15, 0.2) is 0 Å². The molecule has 1 aliphatic carbocycles. The number of halogens is 1. The second-order valence-corrected chi connectivity index (χ2v) is 5.64. The first-order valence-electron chi connectivity index (χ1n) is 5.17. The summed E-state index contributed by atoms with van der Waals surface area (Å²) < 4.78 is 0.807. The van der Waals surface area contributed by atoms with Crippen LogP contribution in [0.2, 0.25) is 0 Å². The summed E-state index contributed by atoms with van der Waals surface area (Å²) in [6.45, 7) is 2.18. The van der Waals surface area contributed by atoms with E-state index in [1.165, 1.54) is 11.3 Å². The summed E-state index contributed by atoms with van der Waals surface area (Å²) in [5.41, 5.74) is -0.831. The Hall–Kier alpha value is -0.190. The average Bonchev–Trinajstić information content (AvgIpc) is 2.67. The summed E-state index contributed by atoms with van der Waals surface area (Å²) in [4.78, 5) is 4.29. The van der Waals surface area contributed by atoms with Gasteiger partial charge in [-0.15, -0.1) is 11.3 Å². The second kappa shape index (κ2) is 4.36. The molecule has 2 nitrogen and oxygen atoms in total. The number of aromatic nitrogens is 1. The topological polar surface area (TPSA) is 33.1 Å². The lowest BCUT2D eigenvalue weighted by Crippen LogP contribution is -2.26. The van der Waals surface area contributed by atoms with Crippen molar-refractivity contribution in [3.8, 4) is 0 Å². The molecule has 0 radical (unpaired) electrons.